The highest BCUT2D eigenvalue weighted by molar-refractivity contribution is 5.99. The van der Waals surface area contributed by atoms with Gasteiger partial charge in [-0.1, -0.05) is 104 Å². The van der Waals surface area contributed by atoms with Crippen LogP contribution in [0.5, 0.6) is 0 Å². The molecule has 26 heteroatoms. The number of aliphatic hydroxyl groups excluding tert-OH is 3. The van der Waals surface area contributed by atoms with Gasteiger partial charge in [-0.2, -0.15) is 0 Å². The summed E-state index contributed by atoms with van der Waals surface area (Å²) in [5.74, 6) is -11.7. The Labute approximate surface area is 555 Å². The molecule has 534 valence electrons. The predicted molar refractivity (Wildman–Crippen MR) is 354 cm³/mol. The minimum absolute atomic E-state index is 0.0697. The van der Waals surface area contributed by atoms with E-state index in [0.29, 0.717) is 19.5 Å². The third kappa shape index (κ3) is 24.0. The normalized spacial score (nSPS) is 27.7. The number of rotatable bonds is 19. The highest BCUT2D eigenvalue weighted by atomic mass is 16.6. The molecule has 0 aliphatic carbocycles. The third-order valence-electron chi connectivity index (χ3n) is 17.9. The molecule has 0 radical (unpaired) electrons. The Morgan fingerprint density at radius 1 is 0.495 bits per heavy atom. The molecule has 0 aromatic heterocycles. The number of hydrogen-bond acceptors (Lipinski definition) is 16. The van der Waals surface area contributed by atoms with Crippen LogP contribution in [0.25, 0.3) is 0 Å². The van der Waals surface area contributed by atoms with E-state index in [0.717, 1.165) is 27.5 Å². The Balaban J connectivity index is 3.03. The Bertz CT molecular complexity index is 2510. The van der Waals surface area contributed by atoms with Gasteiger partial charge in [0.15, 0.2) is 6.10 Å². The summed E-state index contributed by atoms with van der Waals surface area (Å²) in [7, 11) is 8.13. The fraction of sp³-hybridized carbons (Fsp3) is 0.836. The van der Waals surface area contributed by atoms with Gasteiger partial charge in [0.25, 0.3) is 5.91 Å². The van der Waals surface area contributed by atoms with Gasteiger partial charge >= 0.3 is 5.97 Å². The molecular formula is C67H121N11O15. The van der Waals surface area contributed by atoms with E-state index in [9.17, 15) is 53.7 Å². The van der Waals surface area contributed by atoms with Crippen LogP contribution in [0.3, 0.4) is 0 Å². The minimum Gasteiger partial charge on any atom is -0.450 e. The number of hydrogen-bond donors (Lipinski definition) is 7. The van der Waals surface area contributed by atoms with Crippen LogP contribution in [0, 0.1) is 47.3 Å². The Morgan fingerprint density at radius 2 is 0.925 bits per heavy atom. The monoisotopic (exact) mass is 1320 g/mol. The summed E-state index contributed by atoms with van der Waals surface area (Å²) in [5.41, 5.74) is 0. The molecule has 0 bridgehead atoms. The van der Waals surface area contributed by atoms with Crippen LogP contribution in [-0.2, 0) is 57.5 Å². The fourth-order valence-corrected chi connectivity index (χ4v) is 12.3. The van der Waals surface area contributed by atoms with E-state index in [1.807, 2.05) is 69.2 Å². The smallest absolute Gasteiger partial charge is 0.329 e. The number of esters is 1. The van der Waals surface area contributed by atoms with Gasteiger partial charge in [-0.25, -0.2) is 4.79 Å². The number of amides is 10. The standard InChI is InChI=1S/C67H121N11O15/c1-36(2)29-47-62(87)74(20)50(32-39(7)8)58(83)68-44(16)67(92)93-57(42(13)14)66(91)75(21)51(33-40(9)10)60(85)70-48(30-37(3)4)63(88)76(22)54(41(11)12)65(90)77(23)55(56(82)43(15)26-28-78-27-24-25-46(78)35-79)61(86)71-53(45(17)80)64(89)72(18)34-52(81)73(19)49(31-38(5)6)59(84)69-47/h36-51,53-57,79-80,82H,24-35H2,1-23H3,(H,68,83)(H,69,84)(H,70,85)(H,71,86)/t43-,44+,45-,46+,47+,48+,49+,50+,51+,53+,54+,55+,56-,57-/m1/s1. The minimum atomic E-state index is -1.78. The number of likely N-dealkylation sites (tertiary alicyclic amines) is 1. The number of likely N-dealkylation sites (N-methyl/N-ethyl adjacent to an activating group) is 6. The first-order chi connectivity index (χ1) is 43.0. The SMILES string of the molecule is CC(C)C[C@@H]1NC(=O)[C@H](CC(C)C)N(C)C(=O)[C@@H](C(C)C)OC(=O)[C@H](C)NC(=O)[C@H](CC(C)C)N(C)C(=O)[C@H](CC(C)C)NC(=O)[C@H](CC(C)C)N(C)C(=O)CN(C)C(=O)[C@H]([C@@H](C)O)NC(=O)[C@H]([C@H](O)[C@H](C)CCN2CCC[C@H]2CO)N(C)C(=O)[C@H](C(C)C)N(C)C1=O. The van der Waals surface area contributed by atoms with E-state index in [1.165, 1.54) is 70.8 Å². The summed E-state index contributed by atoms with van der Waals surface area (Å²) in [6.45, 7) is 29.8. The van der Waals surface area contributed by atoms with Gasteiger partial charge in [-0.05, 0) is 126 Å². The van der Waals surface area contributed by atoms with Crippen molar-refractivity contribution in [3.05, 3.63) is 0 Å². The topological polar surface area (TPSA) is 328 Å². The van der Waals surface area contributed by atoms with Gasteiger partial charge < -0.3 is 70.7 Å². The lowest BCUT2D eigenvalue weighted by molar-refractivity contribution is -0.166. The molecule has 26 nitrogen and oxygen atoms in total. The zero-order chi connectivity index (χ0) is 71.5. The van der Waals surface area contributed by atoms with Crippen LogP contribution < -0.4 is 21.3 Å². The second-order valence-corrected chi connectivity index (χ2v) is 29.3. The highest BCUT2D eigenvalue weighted by Gasteiger charge is 2.46. The summed E-state index contributed by atoms with van der Waals surface area (Å²) in [6.07, 6.45) is -2.33. The first-order valence-corrected chi connectivity index (χ1v) is 33.7. The zero-order valence-corrected chi connectivity index (χ0v) is 60.5. The van der Waals surface area contributed by atoms with E-state index in [2.05, 4.69) is 26.2 Å². The Hall–Kier alpha value is -5.99. The first-order valence-electron chi connectivity index (χ1n) is 33.7. The van der Waals surface area contributed by atoms with Crippen LogP contribution in [0.15, 0.2) is 0 Å². The quantitative estimate of drug-likeness (QED) is 0.0912. The van der Waals surface area contributed by atoms with Crippen LogP contribution in [-0.4, -0.2) is 262 Å². The van der Waals surface area contributed by atoms with E-state index in [1.54, 1.807) is 34.6 Å². The lowest BCUT2D eigenvalue weighted by Gasteiger charge is -2.40. The summed E-state index contributed by atoms with van der Waals surface area (Å²) in [5, 5.41) is 44.8. The number of aliphatic hydroxyl groups is 3. The molecule has 0 aromatic carbocycles. The highest BCUT2D eigenvalue weighted by Crippen LogP contribution is 2.26. The van der Waals surface area contributed by atoms with Gasteiger partial charge in [0.05, 0.1) is 25.4 Å². The number of nitrogens with zero attached hydrogens (tertiary/aromatic N) is 7. The zero-order valence-electron chi connectivity index (χ0n) is 60.5. The van der Waals surface area contributed by atoms with E-state index in [4.69, 9.17) is 4.74 Å². The predicted octanol–water partition coefficient (Wildman–Crippen LogP) is 2.23. The van der Waals surface area contributed by atoms with Crippen LogP contribution >= 0.6 is 0 Å². The van der Waals surface area contributed by atoms with E-state index >= 15 is 14.4 Å². The summed E-state index contributed by atoms with van der Waals surface area (Å²) >= 11 is 0. The molecule has 2 fully saturated rings. The summed E-state index contributed by atoms with van der Waals surface area (Å²) in [4.78, 5) is 171. The molecule has 2 aliphatic rings. The van der Waals surface area contributed by atoms with Crippen LogP contribution in [0.4, 0.5) is 0 Å². The van der Waals surface area contributed by atoms with Gasteiger partial charge in [0, 0.05) is 48.3 Å². The average Bonchev–Trinajstić information content (AvgIpc) is 1.09. The second-order valence-electron chi connectivity index (χ2n) is 29.3. The van der Waals surface area contributed by atoms with Crippen molar-refractivity contribution in [3.63, 3.8) is 0 Å². The van der Waals surface area contributed by atoms with Crippen molar-refractivity contribution in [2.24, 2.45) is 47.3 Å². The van der Waals surface area contributed by atoms with Gasteiger partial charge in [-0.15, -0.1) is 0 Å². The van der Waals surface area contributed by atoms with Crippen LogP contribution in [0.1, 0.15) is 169 Å². The lowest BCUT2D eigenvalue weighted by Crippen LogP contribution is -2.64. The van der Waals surface area contributed by atoms with E-state index < -0.39 is 162 Å². The molecule has 0 saturated carbocycles. The molecule has 7 N–H and O–H groups in total. The molecule has 2 rings (SSSR count). The molecule has 93 heavy (non-hydrogen) atoms. The average molecular weight is 1320 g/mol. The number of cyclic esters (lactones) is 1. The maximum absolute atomic E-state index is 15.3. The molecule has 2 aliphatic heterocycles. The summed E-state index contributed by atoms with van der Waals surface area (Å²) < 4.78 is 5.91. The second kappa shape index (κ2) is 37.9. The van der Waals surface area contributed by atoms with Crippen molar-refractivity contribution in [2.75, 3.05) is 68.5 Å². The molecule has 10 amide bonds. The van der Waals surface area contributed by atoms with Crippen molar-refractivity contribution >= 4 is 65.0 Å². The maximum atomic E-state index is 15.3. The van der Waals surface area contributed by atoms with Gasteiger partial charge in [0.1, 0.15) is 54.4 Å². The molecule has 14 atom stereocenters. The van der Waals surface area contributed by atoms with Gasteiger partial charge in [0.2, 0.25) is 53.2 Å². The van der Waals surface area contributed by atoms with Gasteiger partial charge in [-0.3, -0.25) is 52.8 Å². The molecule has 0 aromatic rings. The van der Waals surface area contributed by atoms with Crippen LogP contribution in [0.2, 0.25) is 0 Å². The Morgan fingerprint density at radius 3 is 1.35 bits per heavy atom. The van der Waals surface area contributed by atoms with E-state index in [-0.39, 0.29) is 74.3 Å². The Kier molecular flexibility index (Phi) is 33.9. The molecule has 0 unspecified atom stereocenters. The number of carbonyl (C=O) groups excluding carboxylic acids is 11. The largest absolute Gasteiger partial charge is 0.450 e. The number of carbonyl (C=O) groups is 11. The third-order valence-corrected chi connectivity index (χ3v) is 17.9. The molecule has 0 spiro atoms. The number of nitrogens with one attached hydrogen (secondary N) is 4. The van der Waals surface area contributed by atoms with Crippen molar-refractivity contribution in [1.82, 2.24) is 55.6 Å². The van der Waals surface area contributed by atoms with Crippen molar-refractivity contribution in [3.8, 4) is 0 Å². The first kappa shape index (κ1) is 83.1. The lowest BCUT2D eigenvalue weighted by atomic mass is 9.91. The fourth-order valence-electron chi connectivity index (χ4n) is 12.3. The number of ether oxygens (including phenoxy) is 1. The molecule has 2 heterocycles. The molecule has 2 saturated heterocycles. The van der Waals surface area contributed by atoms with Crippen molar-refractivity contribution in [1.29, 1.82) is 0 Å². The molecular weight excluding hydrogens is 1200 g/mol. The van der Waals surface area contributed by atoms with Crippen molar-refractivity contribution < 1.29 is 72.8 Å². The maximum Gasteiger partial charge on any atom is 0.329 e. The summed E-state index contributed by atoms with van der Waals surface area (Å²) in [6, 6.07) is -12.5. The van der Waals surface area contributed by atoms with Crippen molar-refractivity contribution in [2.45, 2.75) is 248 Å².